The number of hydrogen-bond acceptors (Lipinski definition) is 6. The summed E-state index contributed by atoms with van der Waals surface area (Å²) in [5.41, 5.74) is 3.02. The first-order valence-corrected chi connectivity index (χ1v) is 9.24. The predicted octanol–water partition coefficient (Wildman–Crippen LogP) is 4.78. The van der Waals surface area contributed by atoms with Crippen molar-refractivity contribution in [2.24, 2.45) is 0 Å². The molecule has 0 aliphatic carbocycles. The van der Waals surface area contributed by atoms with E-state index in [1.807, 2.05) is 43.3 Å². The van der Waals surface area contributed by atoms with Gasteiger partial charge in [0.2, 0.25) is 16.9 Å². The molecule has 0 bridgehead atoms. The summed E-state index contributed by atoms with van der Waals surface area (Å²) in [6.07, 6.45) is 0. The molecule has 0 spiro atoms. The van der Waals surface area contributed by atoms with Gasteiger partial charge in [-0.05, 0) is 19.1 Å². The molecule has 6 nitrogen and oxygen atoms in total. The van der Waals surface area contributed by atoms with Gasteiger partial charge < -0.3 is 4.52 Å². The van der Waals surface area contributed by atoms with Crippen LogP contribution in [0.25, 0.3) is 22.8 Å². The quantitative estimate of drug-likeness (QED) is 0.500. The Hall–Kier alpha value is -2.64. The van der Waals surface area contributed by atoms with Gasteiger partial charge in [-0.15, -0.1) is 5.10 Å². The summed E-state index contributed by atoms with van der Waals surface area (Å²) >= 11 is 7.42. The summed E-state index contributed by atoms with van der Waals surface area (Å²) in [4.78, 5) is 8.88. The number of benzene rings is 2. The molecule has 1 N–H and O–H groups in total. The molecule has 0 unspecified atom stereocenters. The van der Waals surface area contributed by atoms with Crippen molar-refractivity contribution in [3.05, 3.63) is 65.0 Å². The van der Waals surface area contributed by atoms with E-state index in [0.717, 1.165) is 17.0 Å². The smallest absolute Gasteiger partial charge is 0.237 e. The Labute approximate surface area is 159 Å². The Morgan fingerprint density at radius 3 is 2.73 bits per heavy atom. The number of nitrogens with zero attached hydrogens (tertiary/aromatic N) is 4. The lowest BCUT2D eigenvalue weighted by molar-refractivity contribution is 0.391. The van der Waals surface area contributed by atoms with Gasteiger partial charge in [-0.1, -0.05) is 70.5 Å². The van der Waals surface area contributed by atoms with E-state index >= 15 is 0 Å². The molecule has 0 fully saturated rings. The summed E-state index contributed by atoms with van der Waals surface area (Å²) < 4.78 is 5.29. The summed E-state index contributed by atoms with van der Waals surface area (Å²) in [6, 6.07) is 15.4. The van der Waals surface area contributed by atoms with Crippen molar-refractivity contribution < 1.29 is 4.52 Å². The third-order valence-corrected chi connectivity index (χ3v) is 4.73. The van der Waals surface area contributed by atoms with Gasteiger partial charge in [0.1, 0.15) is 0 Å². The van der Waals surface area contributed by atoms with Crippen LogP contribution in [0.5, 0.6) is 0 Å². The Bertz CT molecular complexity index is 1030. The molecule has 130 valence electrons. The van der Waals surface area contributed by atoms with Crippen molar-refractivity contribution in [1.29, 1.82) is 0 Å². The van der Waals surface area contributed by atoms with E-state index in [2.05, 4.69) is 25.3 Å². The number of aromatic amines is 1. The van der Waals surface area contributed by atoms with Crippen LogP contribution in [0.2, 0.25) is 5.02 Å². The maximum Gasteiger partial charge on any atom is 0.237 e. The van der Waals surface area contributed by atoms with Crippen LogP contribution in [0, 0.1) is 6.92 Å². The Kier molecular flexibility index (Phi) is 4.73. The van der Waals surface area contributed by atoms with E-state index in [4.69, 9.17) is 16.1 Å². The zero-order chi connectivity index (χ0) is 17.9. The molecule has 0 radical (unpaired) electrons. The van der Waals surface area contributed by atoms with Crippen LogP contribution in [0.3, 0.4) is 0 Å². The third-order valence-electron chi connectivity index (χ3n) is 3.67. The molecule has 0 amide bonds. The average Bonchev–Trinajstić information content (AvgIpc) is 3.30. The van der Waals surface area contributed by atoms with Gasteiger partial charge in [-0.3, -0.25) is 5.10 Å². The lowest BCUT2D eigenvalue weighted by Gasteiger charge is -1.96. The van der Waals surface area contributed by atoms with Gasteiger partial charge in [0.05, 0.1) is 5.75 Å². The molecule has 2 aromatic carbocycles. The highest BCUT2D eigenvalue weighted by molar-refractivity contribution is 7.98. The number of thioether (sulfide) groups is 1. The Morgan fingerprint density at radius 2 is 1.92 bits per heavy atom. The van der Waals surface area contributed by atoms with Gasteiger partial charge >= 0.3 is 0 Å². The number of rotatable bonds is 5. The molecule has 0 saturated heterocycles. The van der Waals surface area contributed by atoms with Crippen LogP contribution < -0.4 is 0 Å². The van der Waals surface area contributed by atoms with Crippen LogP contribution in [0.15, 0.2) is 58.2 Å². The molecule has 2 aromatic heterocycles. The first-order chi connectivity index (χ1) is 12.7. The molecule has 4 rings (SSSR count). The zero-order valence-corrected chi connectivity index (χ0v) is 15.4. The predicted molar refractivity (Wildman–Crippen MR) is 101 cm³/mol. The fourth-order valence-electron chi connectivity index (χ4n) is 2.34. The molecule has 0 aliphatic rings. The number of nitrogens with one attached hydrogen (secondary N) is 1. The Balaban J connectivity index is 1.43. The van der Waals surface area contributed by atoms with Crippen molar-refractivity contribution in [1.82, 2.24) is 25.3 Å². The molecule has 0 saturated carbocycles. The molecule has 8 heteroatoms. The lowest BCUT2D eigenvalue weighted by atomic mass is 10.1. The van der Waals surface area contributed by atoms with E-state index in [-0.39, 0.29) is 0 Å². The van der Waals surface area contributed by atoms with Crippen molar-refractivity contribution in [3.63, 3.8) is 0 Å². The van der Waals surface area contributed by atoms with E-state index in [0.29, 0.717) is 27.6 Å². The summed E-state index contributed by atoms with van der Waals surface area (Å²) in [5, 5.41) is 12.4. The monoisotopic (exact) mass is 383 g/mol. The minimum Gasteiger partial charge on any atom is -0.338 e. The first kappa shape index (κ1) is 16.8. The van der Waals surface area contributed by atoms with Crippen LogP contribution in [-0.4, -0.2) is 25.3 Å². The average molecular weight is 384 g/mol. The van der Waals surface area contributed by atoms with Gasteiger partial charge in [0, 0.05) is 16.1 Å². The minimum absolute atomic E-state index is 0.485. The minimum atomic E-state index is 0.485. The van der Waals surface area contributed by atoms with Gasteiger partial charge in [0.25, 0.3) is 0 Å². The SMILES string of the molecule is Cc1ccc(-c2nc(SCc3nc(-c4cccc(Cl)c4)no3)n[nH]2)cc1. The second-order valence-corrected chi connectivity index (χ2v) is 7.02. The van der Waals surface area contributed by atoms with Crippen LogP contribution in [0.4, 0.5) is 0 Å². The van der Waals surface area contributed by atoms with Crippen molar-refractivity contribution in [3.8, 4) is 22.8 Å². The van der Waals surface area contributed by atoms with E-state index in [9.17, 15) is 0 Å². The second-order valence-electron chi connectivity index (χ2n) is 5.64. The maximum absolute atomic E-state index is 5.99. The Morgan fingerprint density at radius 1 is 1.08 bits per heavy atom. The summed E-state index contributed by atoms with van der Waals surface area (Å²) in [7, 11) is 0. The molecular weight excluding hydrogens is 370 g/mol. The first-order valence-electron chi connectivity index (χ1n) is 7.88. The van der Waals surface area contributed by atoms with Crippen LogP contribution >= 0.6 is 23.4 Å². The highest BCUT2D eigenvalue weighted by Gasteiger charge is 2.12. The zero-order valence-electron chi connectivity index (χ0n) is 13.8. The molecule has 4 aromatic rings. The lowest BCUT2D eigenvalue weighted by Crippen LogP contribution is -1.84. The maximum atomic E-state index is 5.99. The van der Waals surface area contributed by atoms with E-state index < -0.39 is 0 Å². The molecule has 26 heavy (non-hydrogen) atoms. The standard InChI is InChI=1S/C18H14ClN5OS/c1-11-5-7-12(8-6-11)16-21-18(23-22-16)26-10-15-20-17(24-25-15)13-3-2-4-14(19)9-13/h2-9H,10H2,1H3,(H,21,22,23). The summed E-state index contributed by atoms with van der Waals surface area (Å²) in [6.45, 7) is 2.05. The normalized spacial score (nSPS) is 11.0. The van der Waals surface area contributed by atoms with Crippen molar-refractivity contribution in [2.75, 3.05) is 0 Å². The molecular formula is C18H14ClN5OS. The van der Waals surface area contributed by atoms with Gasteiger partial charge in [0.15, 0.2) is 5.82 Å². The number of aromatic nitrogens is 5. The van der Waals surface area contributed by atoms with E-state index in [1.165, 1.54) is 17.3 Å². The highest BCUT2D eigenvalue weighted by Crippen LogP contribution is 2.24. The largest absolute Gasteiger partial charge is 0.338 e. The number of halogens is 1. The molecule has 2 heterocycles. The fraction of sp³-hybridized carbons (Fsp3) is 0.111. The summed E-state index contributed by atoms with van der Waals surface area (Å²) in [5.74, 6) is 2.24. The number of hydrogen-bond donors (Lipinski definition) is 1. The third kappa shape index (κ3) is 3.79. The van der Waals surface area contributed by atoms with Crippen molar-refractivity contribution >= 4 is 23.4 Å². The second kappa shape index (κ2) is 7.31. The van der Waals surface area contributed by atoms with E-state index in [1.54, 1.807) is 12.1 Å². The highest BCUT2D eigenvalue weighted by atomic mass is 35.5. The number of aryl methyl sites for hydroxylation is 1. The van der Waals surface area contributed by atoms with Gasteiger partial charge in [-0.25, -0.2) is 4.98 Å². The van der Waals surface area contributed by atoms with Gasteiger partial charge in [-0.2, -0.15) is 4.98 Å². The number of H-pyrrole nitrogens is 1. The van der Waals surface area contributed by atoms with Crippen molar-refractivity contribution in [2.45, 2.75) is 17.8 Å². The van der Waals surface area contributed by atoms with Crippen LogP contribution in [-0.2, 0) is 5.75 Å². The fourth-order valence-corrected chi connectivity index (χ4v) is 3.16. The molecule has 0 aliphatic heterocycles. The van der Waals surface area contributed by atoms with Crippen LogP contribution in [0.1, 0.15) is 11.5 Å². The molecule has 0 atom stereocenters. The topological polar surface area (TPSA) is 80.5 Å².